The largest absolute Gasteiger partial charge is 0.466 e. The number of hydrogen-bond donors (Lipinski definition) is 0. The molecule has 0 spiro atoms. The molecule has 0 heterocycles. The molecule has 13 heavy (non-hydrogen) atoms. The van der Waals surface area contributed by atoms with Crippen LogP contribution >= 0.6 is 0 Å². The summed E-state index contributed by atoms with van der Waals surface area (Å²) in [7, 11) is 2.62. The van der Waals surface area contributed by atoms with Gasteiger partial charge in [-0.3, -0.25) is 0 Å². The lowest BCUT2D eigenvalue weighted by Crippen LogP contribution is -1.91. The van der Waals surface area contributed by atoms with Gasteiger partial charge in [0, 0.05) is 12.2 Å². The minimum absolute atomic E-state index is 0. The number of ether oxygens (including phenoxy) is 2. The van der Waals surface area contributed by atoms with Gasteiger partial charge in [0.25, 0.3) is 0 Å². The van der Waals surface area contributed by atoms with Gasteiger partial charge in [-0.05, 0) is 0 Å². The Balaban J connectivity index is -0.000000143. The molecule has 0 aliphatic rings. The molecule has 0 saturated carbocycles. The first-order chi connectivity index (χ1) is 5.62. The fourth-order valence-corrected chi connectivity index (χ4v) is 0.167. The highest BCUT2D eigenvalue weighted by atomic mass is 16.5. The summed E-state index contributed by atoms with van der Waals surface area (Å²) >= 11 is 0. The topological polar surface area (TPSA) is 52.6 Å². The summed E-state index contributed by atoms with van der Waals surface area (Å²) in [4.78, 5) is 19.7. The summed E-state index contributed by atoms with van der Waals surface area (Å²) in [6.07, 6.45) is 2.22. The molecule has 0 bridgehead atoms. The Kier molecular flexibility index (Phi) is 17.5. The lowest BCUT2D eigenvalue weighted by atomic mass is 10.7. The van der Waals surface area contributed by atoms with Gasteiger partial charge in [-0.15, -0.1) is 0 Å². The van der Waals surface area contributed by atoms with Crippen LogP contribution in [0.2, 0.25) is 0 Å². The van der Waals surface area contributed by atoms with Gasteiger partial charge in [0.15, 0.2) is 0 Å². The molecule has 0 aromatic carbocycles. The lowest BCUT2D eigenvalue weighted by Gasteiger charge is -1.83. The van der Waals surface area contributed by atoms with E-state index < -0.39 is 11.9 Å². The van der Waals surface area contributed by atoms with Gasteiger partial charge < -0.3 is 9.47 Å². The van der Waals surface area contributed by atoms with Gasteiger partial charge in [0.05, 0.1) is 14.2 Å². The van der Waals surface area contributed by atoms with E-state index in [1.165, 1.54) is 14.2 Å². The summed E-state index contributed by atoms with van der Waals surface area (Å²) in [5.41, 5.74) is 0. The van der Waals surface area contributed by atoms with Crippen LogP contribution in [0.15, 0.2) is 25.3 Å². The van der Waals surface area contributed by atoms with Crippen molar-refractivity contribution in [3.63, 3.8) is 0 Å². The zero-order valence-corrected chi connectivity index (χ0v) is 8.20. The molecule has 0 aromatic rings. The van der Waals surface area contributed by atoms with Gasteiger partial charge in [-0.2, -0.15) is 0 Å². The molecule has 0 fully saturated rings. The van der Waals surface area contributed by atoms with Crippen LogP contribution in [0.1, 0.15) is 0 Å². The first-order valence-electron chi connectivity index (χ1n) is 3.03. The van der Waals surface area contributed by atoms with Crippen LogP contribution in [0, 0.1) is 7.43 Å². The molecule has 0 unspecified atom stereocenters. The summed E-state index contributed by atoms with van der Waals surface area (Å²) in [5.74, 6) is -0.787. The number of esters is 2. The highest BCUT2D eigenvalue weighted by Gasteiger charge is 1.82. The molecule has 0 aliphatic carbocycles. The number of hydrogen-bond acceptors (Lipinski definition) is 4. The normalized spacial score (nSPS) is 6.31. The van der Waals surface area contributed by atoms with Crippen LogP contribution < -0.4 is 0 Å². The van der Waals surface area contributed by atoms with E-state index in [9.17, 15) is 9.59 Å². The molecule has 0 aliphatic heterocycles. The second-order valence-electron chi connectivity index (χ2n) is 1.45. The van der Waals surface area contributed by atoms with Gasteiger partial charge in [0.1, 0.15) is 0 Å². The molecule has 0 atom stereocenters. The third kappa shape index (κ3) is 17.9. The Morgan fingerprint density at radius 3 is 1.23 bits per heavy atom. The summed E-state index contributed by atoms with van der Waals surface area (Å²) in [6.45, 7) is 6.31. The van der Waals surface area contributed by atoms with Crippen molar-refractivity contribution >= 4 is 11.9 Å². The molecule has 0 rings (SSSR count). The SMILES string of the molecule is C=CC(=O)OC.C=CC(=O)OC.[CH3]. The quantitative estimate of drug-likeness (QED) is 0.480. The molecular formula is C9H15O4. The van der Waals surface area contributed by atoms with Gasteiger partial charge in [-0.25, -0.2) is 9.59 Å². The smallest absolute Gasteiger partial charge is 0.329 e. The predicted octanol–water partition coefficient (Wildman–Crippen LogP) is 1.14. The van der Waals surface area contributed by atoms with Crippen LogP contribution in [0.3, 0.4) is 0 Å². The molecule has 0 aromatic heterocycles. The summed E-state index contributed by atoms with van der Waals surface area (Å²) in [6, 6.07) is 0. The maximum absolute atomic E-state index is 9.84. The molecule has 0 saturated heterocycles. The Morgan fingerprint density at radius 2 is 1.23 bits per heavy atom. The molecule has 75 valence electrons. The van der Waals surface area contributed by atoms with Crippen molar-refractivity contribution in [2.24, 2.45) is 0 Å². The lowest BCUT2D eigenvalue weighted by molar-refractivity contribution is -0.135. The molecule has 4 heteroatoms. The van der Waals surface area contributed by atoms with E-state index in [2.05, 4.69) is 22.6 Å². The Morgan fingerprint density at radius 1 is 1.00 bits per heavy atom. The number of carbonyl (C=O) groups is 2. The maximum Gasteiger partial charge on any atom is 0.329 e. The summed E-state index contributed by atoms with van der Waals surface area (Å²) in [5, 5.41) is 0. The number of carbonyl (C=O) groups excluding carboxylic acids is 2. The van der Waals surface area contributed by atoms with Crippen molar-refractivity contribution in [3.8, 4) is 0 Å². The van der Waals surface area contributed by atoms with Crippen molar-refractivity contribution in [1.29, 1.82) is 0 Å². The van der Waals surface area contributed by atoms with E-state index in [0.29, 0.717) is 0 Å². The first kappa shape index (κ1) is 17.5. The molecule has 1 radical (unpaired) electrons. The standard InChI is InChI=1S/2C4H6O2.CH3/c2*1-3-4(5)6-2;/h2*3H,1H2,2H3;1H3. The Bertz CT molecular complexity index is 152. The van der Waals surface area contributed by atoms with Crippen molar-refractivity contribution in [2.75, 3.05) is 14.2 Å². The average molecular weight is 187 g/mol. The van der Waals surface area contributed by atoms with Gasteiger partial charge >= 0.3 is 11.9 Å². The molecular weight excluding hydrogens is 172 g/mol. The first-order valence-corrected chi connectivity index (χ1v) is 3.03. The highest BCUT2D eigenvalue weighted by Crippen LogP contribution is 1.68. The Labute approximate surface area is 78.8 Å². The van der Waals surface area contributed by atoms with Crippen LogP contribution in [0.5, 0.6) is 0 Å². The van der Waals surface area contributed by atoms with Crippen LogP contribution in [-0.4, -0.2) is 26.2 Å². The number of rotatable bonds is 2. The van der Waals surface area contributed by atoms with Crippen LogP contribution in [-0.2, 0) is 19.1 Å². The molecule has 0 amide bonds. The minimum Gasteiger partial charge on any atom is -0.466 e. The number of methoxy groups -OCH3 is 2. The monoisotopic (exact) mass is 187 g/mol. The maximum atomic E-state index is 9.84. The second-order valence-corrected chi connectivity index (χ2v) is 1.45. The van der Waals surface area contributed by atoms with Crippen molar-refractivity contribution in [2.45, 2.75) is 0 Å². The minimum atomic E-state index is -0.394. The van der Waals surface area contributed by atoms with E-state index in [-0.39, 0.29) is 7.43 Å². The van der Waals surface area contributed by atoms with E-state index in [1.54, 1.807) is 0 Å². The van der Waals surface area contributed by atoms with Crippen LogP contribution in [0.25, 0.3) is 0 Å². The predicted molar refractivity (Wildman–Crippen MR) is 50.8 cm³/mol. The Hall–Kier alpha value is -1.58. The van der Waals surface area contributed by atoms with Crippen molar-refractivity contribution in [1.82, 2.24) is 0 Å². The van der Waals surface area contributed by atoms with Crippen molar-refractivity contribution in [3.05, 3.63) is 32.7 Å². The van der Waals surface area contributed by atoms with Gasteiger partial charge in [0.2, 0.25) is 0 Å². The highest BCUT2D eigenvalue weighted by molar-refractivity contribution is 5.81. The molecule has 0 N–H and O–H groups in total. The zero-order valence-electron chi connectivity index (χ0n) is 8.20. The van der Waals surface area contributed by atoms with E-state index in [0.717, 1.165) is 12.2 Å². The zero-order chi connectivity index (χ0) is 9.98. The second kappa shape index (κ2) is 13.0. The van der Waals surface area contributed by atoms with Crippen LogP contribution in [0.4, 0.5) is 0 Å². The third-order valence-electron chi connectivity index (χ3n) is 0.736. The fourth-order valence-electron chi connectivity index (χ4n) is 0.167. The average Bonchev–Trinajstić information content (AvgIpc) is 2.16. The van der Waals surface area contributed by atoms with Gasteiger partial charge in [-0.1, -0.05) is 20.6 Å². The van der Waals surface area contributed by atoms with E-state index >= 15 is 0 Å². The van der Waals surface area contributed by atoms with Crippen molar-refractivity contribution < 1.29 is 19.1 Å². The fraction of sp³-hybridized carbons (Fsp3) is 0.222. The summed E-state index contributed by atoms with van der Waals surface area (Å²) < 4.78 is 8.28. The van der Waals surface area contributed by atoms with E-state index in [1.807, 2.05) is 0 Å². The van der Waals surface area contributed by atoms with E-state index in [4.69, 9.17) is 0 Å². The third-order valence-corrected chi connectivity index (χ3v) is 0.736. The molecule has 4 nitrogen and oxygen atoms in total.